The van der Waals surface area contributed by atoms with Crippen LogP contribution in [0.3, 0.4) is 0 Å². The Bertz CT molecular complexity index is 511. The third kappa shape index (κ3) is 7.65. The number of nitrogens with two attached hydrogens (primary N) is 1. The molecule has 0 saturated carbocycles. The first kappa shape index (κ1) is 19.0. The highest BCUT2D eigenvalue weighted by molar-refractivity contribution is 5.71. The highest BCUT2D eigenvalue weighted by Crippen LogP contribution is 2.11. The fourth-order valence-corrected chi connectivity index (χ4v) is 2.05. The second kappa shape index (κ2) is 8.53. The van der Waals surface area contributed by atoms with Gasteiger partial charge >= 0.3 is 12.1 Å². The molecule has 2 atom stereocenters. The summed E-state index contributed by atoms with van der Waals surface area (Å²) in [7, 11) is 1.31. The number of benzene rings is 1. The number of amides is 1. The van der Waals surface area contributed by atoms with E-state index in [9.17, 15) is 9.59 Å². The molecule has 128 valence electrons. The number of hydrogen-bond acceptors (Lipinski definition) is 5. The van der Waals surface area contributed by atoms with Gasteiger partial charge in [-0.3, -0.25) is 4.79 Å². The van der Waals surface area contributed by atoms with Crippen LogP contribution in [0.2, 0.25) is 0 Å². The van der Waals surface area contributed by atoms with Crippen LogP contribution in [-0.2, 0) is 20.7 Å². The molecule has 0 radical (unpaired) electrons. The van der Waals surface area contributed by atoms with E-state index >= 15 is 0 Å². The number of alkyl carbamates (subject to hydrolysis) is 1. The maximum Gasteiger partial charge on any atom is 0.407 e. The number of ether oxygens (including phenoxy) is 2. The Labute approximate surface area is 137 Å². The molecule has 0 aliphatic rings. The van der Waals surface area contributed by atoms with Gasteiger partial charge in [0, 0.05) is 6.04 Å². The second-order valence-electron chi connectivity index (χ2n) is 6.39. The van der Waals surface area contributed by atoms with Gasteiger partial charge in [-0.15, -0.1) is 0 Å². The van der Waals surface area contributed by atoms with E-state index in [1.165, 1.54) is 7.11 Å². The van der Waals surface area contributed by atoms with Crippen LogP contribution in [-0.4, -0.2) is 36.9 Å². The van der Waals surface area contributed by atoms with Crippen molar-refractivity contribution in [1.82, 2.24) is 5.32 Å². The summed E-state index contributed by atoms with van der Waals surface area (Å²) < 4.78 is 9.91. The summed E-state index contributed by atoms with van der Waals surface area (Å²) in [5.41, 5.74) is 6.49. The van der Waals surface area contributed by atoms with Crippen molar-refractivity contribution in [3.05, 3.63) is 35.9 Å². The van der Waals surface area contributed by atoms with Crippen LogP contribution in [0, 0.1) is 0 Å². The van der Waals surface area contributed by atoms with Crippen molar-refractivity contribution >= 4 is 12.1 Å². The van der Waals surface area contributed by atoms with Crippen LogP contribution in [0.15, 0.2) is 30.3 Å². The first-order valence-corrected chi connectivity index (χ1v) is 7.57. The topological polar surface area (TPSA) is 90.6 Å². The number of rotatable bonds is 6. The van der Waals surface area contributed by atoms with Gasteiger partial charge in [-0.05, 0) is 32.8 Å². The van der Waals surface area contributed by atoms with Crippen molar-refractivity contribution in [2.24, 2.45) is 5.73 Å². The first-order valence-electron chi connectivity index (χ1n) is 7.57. The van der Waals surface area contributed by atoms with E-state index in [-0.39, 0.29) is 6.42 Å². The molecule has 3 N–H and O–H groups in total. The highest BCUT2D eigenvalue weighted by Gasteiger charge is 2.25. The summed E-state index contributed by atoms with van der Waals surface area (Å²) in [6, 6.07) is 8.59. The number of esters is 1. The molecular weight excluding hydrogens is 296 g/mol. The molecule has 1 aromatic carbocycles. The van der Waals surface area contributed by atoms with Crippen molar-refractivity contribution in [2.75, 3.05) is 7.11 Å². The molecule has 0 fully saturated rings. The van der Waals surface area contributed by atoms with Gasteiger partial charge in [-0.25, -0.2) is 4.79 Å². The third-order valence-corrected chi connectivity index (χ3v) is 3.15. The van der Waals surface area contributed by atoms with Crippen molar-refractivity contribution in [1.29, 1.82) is 0 Å². The van der Waals surface area contributed by atoms with Crippen LogP contribution >= 0.6 is 0 Å². The molecule has 1 rings (SSSR count). The maximum absolute atomic E-state index is 12.0. The molecule has 0 spiro atoms. The number of methoxy groups -OCH3 is 1. The monoisotopic (exact) mass is 322 g/mol. The van der Waals surface area contributed by atoms with E-state index in [1.807, 2.05) is 30.3 Å². The Hall–Kier alpha value is -2.08. The summed E-state index contributed by atoms with van der Waals surface area (Å²) in [4.78, 5) is 23.5. The molecule has 6 heteroatoms. The average molecular weight is 322 g/mol. The standard InChI is InChI=1S/C17H26N2O4/c1-17(2,3)23-16(21)19-14(13(18)11-15(20)22-4)10-12-8-6-5-7-9-12/h5-9,13-14H,10-11,18H2,1-4H3,(H,19,21)/t13-,14+/m1/s1. The van der Waals surface area contributed by atoms with Crippen LogP contribution in [0.4, 0.5) is 4.79 Å². The molecule has 0 bridgehead atoms. The van der Waals surface area contributed by atoms with Gasteiger partial charge in [0.1, 0.15) is 5.60 Å². The van der Waals surface area contributed by atoms with E-state index in [2.05, 4.69) is 10.1 Å². The lowest BCUT2D eigenvalue weighted by atomic mass is 9.98. The minimum absolute atomic E-state index is 0.0177. The van der Waals surface area contributed by atoms with Crippen LogP contribution in [0.5, 0.6) is 0 Å². The Morgan fingerprint density at radius 3 is 2.35 bits per heavy atom. The van der Waals surface area contributed by atoms with Crippen LogP contribution < -0.4 is 11.1 Å². The fraction of sp³-hybridized carbons (Fsp3) is 0.529. The van der Waals surface area contributed by atoms with E-state index in [4.69, 9.17) is 10.5 Å². The zero-order valence-electron chi connectivity index (χ0n) is 14.2. The van der Waals surface area contributed by atoms with Crippen molar-refractivity contribution < 1.29 is 19.1 Å². The largest absolute Gasteiger partial charge is 0.469 e. The zero-order chi connectivity index (χ0) is 17.5. The number of carbonyl (C=O) groups is 2. The normalized spacial score (nSPS) is 13.8. The van der Waals surface area contributed by atoms with E-state index < -0.39 is 29.7 Å². The smallest absolute Gasteiger partial charge is 0.407 e. The molecule has 0 saturated heterocycles. The molecule has 23 heavy (non-hydrogen) atoms. The first-order chi connectivity index (χ1) is 10.7. The van der Waals surface area contributed by atoms with Crippen molar-refractivity contribution in [3.63, 3.8) is 0 Å². The lowest BCUT2D eigenvalue weighted by Crippen LogP contribution is -2.51. The molecule has 0 aliphatic heterocycles. The minimum atomic E-state index is -0.603. The molecule has 0 aliphatic carbocycles. The van der Waals surface area contributed by atoms with Crippen LogP contribution in [0.1, 0.15) is 32.8 Å². The predicted molar refractivity (Wildman–Crippen MR) is 87.9 cm³/mol. The molecular formula is C17H26N2O4. The van der Waals surface area contributed by atoms with Gasteiger partial charge in [-0.1, -0.05) is 30.3 Å². The summed E-state index contributed by atoms with van der Waals surface area (Å²) in [5.74, 6) is -0.415. The van der Waals surface area contributed by atoms with E-state index in [1.54, 1.807) is 20.8 Å². The van der Waals surface area contributed by atoms with E-state index in [0.29, 0.717) is 6.42 Å². The summed E-state index contributed by atoms with van der Waals surface area (Å²) in [6.07, 6.45) is -0.0408. The molecule has 0 aromatic heterocycles. The van der Waals surface area contributed by atoms with Crippen molar-refractivity contribution in [3.8, 4) is 0 Å². The second-order valence-corrected chi connectivity index (χ2v) is 6.39. The zero-order valence-corrected chi connectivity index (χ0v) is 14.2. The number of nitrogens with one attached hydrogen (secondary N) is 1. The van der Waals surface area contributed by atoms with Gasteiger partial charge < -0.3 is 20.5 Å². The molecule has 1 aromatic rings. The summed E-state index contributed by atoms with van der Waals surface area (Å²) >= 11 is 0. The molecule has 1 amide bonds. The van der Waals surface area contributed by atoms with Gasteiger partial charge in [0.05, 0.1) is 19.6 Å². The Balaban J connectivity index is 2.79. The van der Waals surface area contributed by atoms with Gasteiger partial charge in [0.15, 0.2) is 0 Å². The Kier molecular flexibility index (Phi) is 7.03. The third-order valence-electron chi connectivity index (χ3n) is 3.15. The quantitative estimate of drug-likeness (QED) is 0.782. The highest BCUT2D eigenvalue weighted by atomic mass is 16.6. The molecule has 0 heterocycles. The molecule has 6 nitrogen and oxygen atoms in total. The maximum atomic E-state index is 12.0. The van der Waals surface area contributed by atoms with Gasteiger partial charge in [0.25, 0.3) is 0 Å². The average Bonchev–Trinajstić information content (AvgIpc) is 2.45. The van der Waals surface area contributed by atoms with Gasteiger partial charge in [-0.2, -0.15) is 0 Å². The van der Waals surface area contributed by atoms with Crippen molar-refractivity contribution in [2.45, 2.75) is 51.3 Å². The Morgan fingerprint density at radius 2 is 1.83 bits per heavy atom. The number of hydrogen-bond donors (Lipinski definition) is 2. The fourth-order valence-electron chi connectivity index (χ4n) is 2.05. The lowest BCUT2D eigenvalue weighted by molar-refractivity contribution is -0.141. The lowest BCUT2D eigenvalue weighted by Gasteiger charge is -2.27. The number of carbonyl (C=O) groups excluding carboxylic acids is 2. The predicted octanol–water partition coefficient (Wildman–Crippen LogP) is 2.01. The Morgan fingerprint density at radius 1 is 1.22 bits per heavy atom. The summed E-state index contributed by atoms with van der Waals surface area (Å²) in [5, 5.41) is 2.76. The van der Waals surface area contributed by atoms with E-state index in [0.717, 1.165) is 5.56 Å². The molecule has 0 unspecified atom stereocenters. The van der Waals surface area contributed by atoms with Crippen LogP contribution in [0.25, 0.3) is 0 Å². The minimum Gasteiger partial charge on any atom is -0.469 e. The SMILES string of the molecule is COC(=O)C[C@@H](N)[C@H](Cc1ccccc1)NC(=O)OC(C)(C)C. The van der Waals surface area contributed by atoms with Gasteiger partial charge in [0.2, 0.25) is 0 Å². The summed E-state index contributed by atoms with van der Waals surface area (Å²) in [6.45, 7) is 5.35.